The normalized spacial score (nSPS) is 10.8. The van der Waals surface area contributed by atoms with Crippen molar-refractivity contribution in [2.45, 2.75) is 13.0 Å². The summed E-state index contributed by atoms with van der Waals surface area (Å²) in [6.45, 7) is 4.76. The summed E-state index contributed by atoms with van der Waals surface area (Å²) in [5.41, 5.74) is 6.28. The van der Waals surface area contributed by atoms with Crippen LogP contribution in [0.2, 0.25) is 0 Å². The van der Waals surface area contributed by atoms with Crippen LogP contribution in [-0.2, 0) is 16.0 Å². The van der Waals surface area contributed by atoms with Crippen LogP contribution in [0.15, 0.2) is 49.1 Å². The van der Waals surface area contributed by atoms with Gasteiger partial charge >= 0.3 is 0 Å². The molecule has 32 heavy (non-hydrogen) atoms. The molecule has 0 fully saturated rings. The Bertz CT molecular complexity index is 878. The molecule has 0 radical (unpaired) electrons. The average Bonchev–Trinajstić information content (AvgIpc) is 3.33. The minimum absolute atomic E-state index is 0.460. The molecule has 172 valence electrons. The number of hydrogen-bond donors (Lipinski definition) is 4. The molecule has 3 aromatic rings. The maximum absolute atomic E-state index is 5.53. The number of nitrogens with two attached hydrogens (primary N) is 1. The smallest absolute Gasteiger partial charge is 0.233 e. The molecule has 2 aromatic heterocycles. The van der Waals surface area contributed by atoms with E-state index >= 15 is 0 Å². The molecule has 2 heterocycles. The molecular formula is C21H31N9O2. The Hall–Kier alpha value is -3.28. The van der Waals surface area contributed by atoms with Gasteiger partial charge in [0, 0.05) is 44.3 Å². The van der Waals surface area contributed by atoms with Gasteiger partial charge in [-0.25, -0.2) is 4.98 Å². The molecule has 0 saturated carbocycles. The van der Waals surface area contributed by atoms with E-state index in [4.69, 9.17) is 15.2 Å². The summed E-state index contributed by atoms with van der Waals surface area (Å²) in [7, 11) is 0. The molecule has 1 aromatic carbocycles. The number of aryl methyl sites for hydroxylation is 1. The predicted molar refractivity (Wildman–Crippen MR) is 124 cm³/mol. The van der Waals surface area contributed by atoms with Gasteiger partial charge < -0.3 is 35.7 Å². The standard InChI is InChI=1S/C21H31N9O2/c22-7-13-31-15-16-32-14-10-25-20-27-19(24-8-4-11-30-12-9-23-17-30)28-21(29-20)26-18-5-2-1-3-6-18/h1-3,5-6,9,12,17H,4,7-8,10-11,13-16,22H2,(H3,24,25,26,27,28,29). The molecule has 0 saturated heterocycles. The first-order valence-electron chi connectivity index (χ1n) is 10.7. The van der Waals surface area contributed by atoms with E-state index in [-0.39, 0.29) is 0 Å². The van der Waals surface area contributed by atoms with E-state index in [2.05, 4.69) is 35.9 Å². The van der Waals surface area contributed by atoms with Gasteiger partial charge in [-0.15, -0.1) is 0 Å². The Kier molecular flexibility index (Phi) is 10.2. The van der Waals surface area contributed by atoms with Crippen molar-refractivity contribution in [3.63, 3.8) is 0 Å². The summed E-state index contributed by atoms with van der Waals surface area (Å²) >= 11 is 0. The molecule has 0 aliphatic heterocycles. The zero-order valence-electron chi connectivity index (χ0n) is 18.1. The highest BCUT2D eigenvalue weighted by molar-refractivity contribution is 5.55. The van der Waals surface area contributed by atoms with Crippen LogP contribution in [0.1, 0.15) is 6.42 Å². The van der Waals surface area contributed by atoms with E-state index in [1.54, 1.807) is 12.5 Å². The van der Waals surface area contributed by atoms with Crippen LogP contribution in [0.4, 0.5) is 23.5 Å². The van der Waals surface area contributed by atoms with E-state index in [0.29, 0.717) is 57.4 Å². The van der Waals surface area contributed by atoms with Gasteiger partial charge in [-0.2, -0.15) is 15.0 Å². The van der Waals surface area contributed by atoms with E-state index in [1.807, 2.05) is 41.1 Å². The van der Waals surface area contributed by atoms with Gasteiger partial charge in [0.05, 0.1) is 32.8 Å². The lowest BCUT2D eigenvalue weighted by Crippen LogP contribution is -2.17. The number of anilines is 4. The second-order valence-electron chi connectivity index (χ2n) is 6.82. The van der Waals surface area contributed by atoms with Crippen molar-refractivity contribution < 1.29 is 9.47 Å². The number of rotatable bonds is 16. The molecule has 0 amide bonds. The predicted octanol–water partition coefficient (Wildman–Crippen LogP) is 1.72. The van der Waals surface area contributed by atoms with E-state index in [1.165, 1.54) is 0 Å². The average molecular weight is 442 g/mol. The maximum atomic E-state index is 5.53. The minimum atomic E-state index is 0.460. The third kappa shape index (κ3) is 8.84. The topological polar surface area (TPSA) is 137 Å². The van der Waals surface area contributed by atoms with Crippen molar-refractivity contribution in [3.05, 3.63) is 49.1 Å². The molecule has 0 unspecified atom stereocenters. The lowest BCUT2D eigenvalue weighted by molar-refractivity contribution is 0.0547. The molecule has 0 atom stereocenters. The van der Waals surface area contributed by atoms with E-state index < -0.39 is 0 Å². The number of imidazole rings is 1. The van der Waals surface area contributed by atoms with Crippen molar-refractivity contribution in [1.29, 1.82) is 0 Å². The van der Waals surface area contributed by atoms with Crippen molar-refractivity contribution >= 4 is 23.5 Å². The van der Waals surface area contributed by atoms with Crippen LogP contribution in [0, 0.1) is 0 Å². The molecule has 0 aliphatic carbocycles. The van der Waals surface area contributed by atoms with Gasteiger partial charge in [-0.05, 0) is 18.6 Å². The number of nitrogens with zero attached hydrogens (tertiary/aromatic N) is 5. The van der Waals surface area contributed by atoms with E-state index in [0.717, 1.165) is 25.2 Å². The molecule has 0 aliphatic rings. The first kappa shape index (κ1) is 23.4. The summed E-state index contributed by atoms with van der Waals surface area (Å²) in [5, 5.41) is 9.67. The van der Waals surface area contributed by atoms with Crippen LogP contribution >= 0.6 is 0 Å². The second kappa shape index (κ2) is 13.9. The zero-order chi connectivity index (χ0) is 22.3. The van der Waals surface area contributed by atoms with Gasteiger partial charge in [0.25, 0.3) is 0 Å². The Labute approximate surface area is 187 Å². The van der Waals surface area contributed by atoms with Crippen molar-refractivity contribution in [3.8, 4) is 0 Å². The molecule has 11 nitrogen and oxygen atoms in total. The lowest BCUT2D eigenvalue weighted by atomic mass is 10.3. The van der Waals surface area contributed by atoms with Crippen LogP contribution in [0.3, 0.4) is 0 Å². The minimum Gasteiger partial charge on any atom is -0.378 e. The molecular weight excluding hydrogens is 410 g/mol. The number of aromatic nitrogens is 5. The Morgan fingerprint density at radius 2 is 1.56 bits per heavy atom. The van der Waals surface area contributed by atoms with Crippen molar-refractivity contribution in [2.75, 3.05) is 62.0 Å². The highest BCUT2D eigenvalue weighted by Gasteiger charge is 2.07. The number of para-hydroxylation sites is 1. The third-order valence-electron chi connectivity index (χ3n) is 4.26. The largest absolute Gasteiger partial charge is 0.378 e. The van der Waals surface area contributed by atoms with Crippen molar-refractivity contribution in [1.82, 2.24) is 24.5 Å². The highest BCUT2D eigenvalue weighted by atomic mass is 16.5. The summed E-state index contributed by atoms with van der Waals surface area (Å²) in [4.78, 5) is 17.5. The second-order valence-corrected chi connectivity index (χ2v) is 6.82. The lowest BCUT2D eigenvalue weighted by Gasteiger charge is -2.12. The SMILES string of the molecule is NCCOCCOCCNc1nc(NCCCn2ccnc2)nc(Nc2ccccc2)n1. The highest BCUT2D eigenvalue weighted by Crippen LogP contribution is 2.15. The quantitative estimate of drug-likeness (QED) is 0.243. The number of benzene rings is 1. The summed E-state index contributed by atoms with van der Waals surface area (Å²) in [6, 6.07) is 9.77. The summed E-state index contributed by atoms with van der Waals surface area (Å²) in [5.74, 6) is 1.43. The molecule has 0 spiro atoms. The van der Waals surface area contributed by atoms with E-state index in [9.17, 15) is 0 Å². The van der Waals surface area contributed by atoms with Gasteiger partial charge in [-0.1, -0.05) is 18.2 Å². The van der Waals surface area contributed by atoms with Gasteiger partial charge in [0.15, 0.2) is 0 Å². The first-order valence-corrected chi connectivity index (χ1v) is 10.7. The molecule has 3 rings (SSSR count). The fourth-order valence-electron chi connectivity index (χ4n) is 2.76. The van der Waals surface area contributed by atoms with Gasteiger partial charge in [0.2, 0.25) is 17.8 Å². The van der Waals surface area contributed by atoms with Crippen LogP contribution in [0.25, 0.3) is 0 Å². The van der Waals surface area contributed by atoms with Gasteiger partial charge in [0.1, 0.15) is 0 Å². The number of hydrogen-bond acceptors (Lipinski definition) is 10. The van der Waals surface area contributed by atoms with Crippen LogP contribution in [0.5, 0.6) is 0 Å². The molecule has 0 bridgehead atoms. The fourth-order valence-corrected chi connectivity index (χ4v) is 2.76. The number of ether oxygens (including phenoxy) is 2. The maximum Gasteiger partial charge on any atom is 0.233 e. The van der Waals surface area contributed by atoms with Crippen LogP contribution < -0.4 is 21.7 Å². The zero-order valence-corrected chi connectivity index (χ0v) is 18.1. The summed E-state index contributed by atoms with van der Waals surface area (Å²) in [6.07, 6.45) is 6.43. The molecule has 11 heteroatoms. The first-order chi connectivity index (χ1) is 15.8. The fraction of sp³-hybridized carbons (Fsp3) is 0.429. The van der Waals surface area contributed by atoms with Crippen LogP contribution in [-0.4, -0.2) is 70.6 Å². The summed E-state index contributed by atoms with van der Waals surface area (Å²) < 4.78 is 12.8. The Morgan fingerprint density at radius 1 is 0.844 bits per heavy atom. The number of nitrogens with one attached hydrogen (secondary N) is 3. The molecule has 5 N–H and O–H groups in total. The van der Waals surface area contributed by atoms with Crippen molar-refractivity contribution in [2.24, 2.45) is 5.73 Å². The Morgan fingerprint density at radius 3 is 2.28 bits per heavy atom. The monoisotopic (exact) mass is 441 g/mol. The van der Waals surface area contributed by atoms with Gasteiger partial charge in [-0.3, -0.25) is 0 Å². The Balaban J connectivity index is 1.51. The third-order valence-corrected chi connectivity index (χ3v) is 4.26.